The van der Waals surface area contributed by atoms with Gasteiger partial charge in [-0.15, -0.1) is 10.2 Å². The summed E-state index contributed by atoms with van der Waals surface area (Å²) in [5.41, 5.74) is 0. The van der Waals surface area contributed by atoms with Gasteiger partial charge in [-0.1, -0.05) is 11.8 Å². The van der Waals surface area contributed by atoms with Crippen molar-refractivity contribution in [2.75, 3.05) is 50.1 Å². The second-order valence-electron chi connectivity index (χ2n) is 6.31. The maximum Gasteiger partial charge on any atom is 0.406 e. The molecule has 27 heavy (non-hydrogen) atoms. The van der Waals surface area contributed by atoms with E-state index < -0.39 is 12.7 Å². The largest absolute Gasteiger partial charge is 0.406 e. The summed E-state index contributed by atoms with van der Waals surface area (Å²) < 4.78 is 50.7. The van der Waals surface area contributed by atoms with Crippen molar-refractivity contribution in [3.05, 3.63) is 0 Å². The van der Waals surface area contributed by atoms with Crippen molar-refractivity contribution >= 4 is 23.6 Å². The molecule has 0 aliphatic carbocycles. The molecule has 1 amide bonds. The van der Waals surface area contributed by atoms with Crippen molar-refractivity contribution in [1.82, 2.24) is 20.1 Å². The molecule has 1 aromatic heterocycles. The van der Waals surface area contributed by atoms with Gasteiger partial charge in [0.2, 0.25) is 11.9 Å². The minimum atomic E-state index is -4.42. The number of alkyl halides is 3. The second kappa shape index (κ2) is 9.11. The fourth-order valence-corrected chi connectivity index (χ4v) is 3.68. The number of hydrogen-bond donors (Lipinski definition) is 1. The summed E-state index contributed by atoms with van der Waals surface area (Å²) in [5.74, 6) is -0.158. The number of aromatic nitrogens is 3. The van der Waals surface area contributed by atoms with Crippen LogP contribution in [0.5, 0.6) is 0 Å². The number of carbonyl (C=O) groups excluding carboxylic acids is 1. The molecule has 0 aromatic carbocycles. The molecule has 2 aliphatic heterocycles. The first-order valence-electron chi connectivity index (χ1n) is 8.76. The van der Waals surface area contributed by atoms with E-state index in [-0.39, 0.29) is 28.9 Å². The summed E-state index contributed by atoms with van der Waals surface area (Å²) >= 11 is 0.942. The number of amides is 1. The highest BCUT2D eigenvalue weighted by molar-refractivity contribution is 7.99. The number of anilines is 1. The number of rotatable bonds is 7. The minimum Gasteiger partial charge on any atom is -0.378 e. The zero-order valence-corrected chi connectivity index (χ0v) is 15.5. The Morgan fingerprint density at radius 3 is 2.70 bits per heavy atom. The normalized spacial score (nSPS) is 20.9. The molecule has 2 fully saturated rings. The zero-order valence-electron chi connectivity index (χ0n) is 14.7. The van der Waals surface area contributed by atoms with Crippen LogP contribution in [0.25, 0.3) is 0 Å². The number of morpholine rings is 1. The summed E-state index contributed by atoms with van der Waals surface area (Å²) in [4.78, 5) is 13.7. The molecule has 1 unspecified atom stereocenters. The highest BCUT2D eigenvalue weighted by Crippen LogP contribution is 2.27. The van der Waals surface area contributed by atoms with Crippen molar-refractivity contribution < 1.29 is 27.4 Å². The van der Waals surface area contributed by atoms with E-state index in [1.807, 2.05) is 0 Å². The predicted molar refractivity (Wildman–Crippen MR) is 91.8 cm³/mol. The van der Waals surface area contributed by atoms with Gasteiger partial charge in [0.25, 0.3) is 0 Å². The van der Waals surface area contributed by atoms with Crippen LogP contribution >= 0.6 is 11.8 Å². The van der Waals surface area contributed by atoms with E-state index >= 15 is 0 Å². The van der Waals surface area contributed by atoms with Crippen LogP contribution in [0.1, 0.15) is 12.8 Å². The van der Waals surface area contributed by atoms with E-state index in [1.54, 1.807) is 4.90 Å². The van der Waals surface area contributed by atoms with Gasteiger partial charge in [-0.05, 0) is 12.8 Å². The predicted octanol–water partition coefficient (Wildman–Crippen LogP) is 1.06. The van der Waals surface area contributed by atoms with Crippen LogP contribution in [0.4, 0.5) is 19.1 Å². The average molecular weight is 409 g/mol. The lowest BCUT2D eigenvalue weighted by atomic mass is 10.2. The maximum atomic E-state index is 13.0. The average Bonchev–Trinajstić information content (AvgIpc) is 3.28. The summed E-state index contributed by atoms with van der Waals surface area (Å²) in [6.07, 6.45) is -2.53. The Kier molecular flexibility index (Phi) is 6.82. The van der Waals surface area contributed by atoms with Crippen molar-refractivity contribution in [2.24, 2.45) is 0 Å². The topological polar surface area (TPSA) is 81.5 Å². The van der Waals surface area contributed by atoms with Crippen LogP contribution in [0.15, 0.2) is 5.16 Å². The third-order valence-corrected chi connectivity index (χ3v) is 5.18. The third-order valence-electron chi connectivity index (χ3n) is 4.21. The van der Waals surface area contributed by atoms with Gasteiger partial charge in [0.1, 0.15) is 6.54 Å². The van der Waals surface area contributed by atoms with E-state index in [2.05, 4.69) is 15.5 Å². The van der Waals surface area contributed by atoms with Gasteiger partial charge in [-0.2, -0.15) is 13.2 Å². The Morgan fingerprint density at radius 1 is 1.26 bits per heavy atom. The summed E-state index contributed by atoms with van der Waals surface area (Å²) in [7, 11) is 0. The molecule has 1 aromatic rings. The molecule has 0 radical (unpaired) electrons. The first-order chi connectivity index (χ1) is 12.9. The molecule has 2 aliphatic rings. The van der Waals surface area contributed by atoms with Crippen molar-refractivity contribution in [3.63, 3.8) is 0 Å². The molecule has 0 saturated carbocycles. The highest BCUT2D eigenvalue weighted by Gasteiger charge is 2.33. The Labute approximate surface area is 158 Å². The standard InChI is InChI=1S/C15H22F3N5O3S/c16-15(17,18)10-23-13(22-3-6-25-7-4-22)20-21-14(23)27-9-12(24)19-8-11-2-1-5-26-11/h11H,1-10H2,(H,19,24). The molecule has 0 spiro atoms. The van der Waals surface area contributed by atoms with Gasteiger partial charge < -0.3 is 19.7 Å². The zero-order chi connectivity index (χ0) is 19.3. The Morgan fingerprint density at radius 2 is 2.04 bits per heavy atom. The van der Waals surface area contributed by atoms with Crippen LogP contribution in [0, 0.1) is 0 Å². The van der Waals surface area contributed by atoms with Gasteiger partial charge in [-0.3, -0.25) is 9.36 Å². The number of halogens is 3. The second-order valence-corrected chi connectivity index (χ2v) is 7.25. The van der Waals surface area contributed by atoms with Gasteiger partial charge in [0.15, 0.2) is 5.16 Å². The first kappa shape index (κ1) is 20.2. The fraction of sp³-hybridized carbons (Fsp3) is 0.800. The lowest BCUT2D eigenvalue weighted by molar-refractivity contribution is -0.141. The molecule has 152 valence electrons. The third kappa shape index (κ3) is 5.98. The van der Waals surface area contributed by atoms with E-state index in [4.69, 9.17) is 9.47 Å². The van der Waals surface area contributed by atoms with Crippen molar-refractivity contribution in [2.45, 2.75) is 36.8 Å². The van der Waals surface area contributed by atoms with E-state index in [0.717, 1.165) is 29.2 Å². The molecule has 0 bridgehead atoms. The number of nitrogens with one attached hydrogen (secondary N) is 1. The van der Waals surface area contributed by atoms with Crippen LogP contribution < -0.4 is 10.2 Å². The van der Waals surface area contributed by atoms with Gasteiger partial charge in [0, 0.05) is 26.2 Å². The van der Waals surface area contributed by atoms with E-state index in [9.17, 15) is 18.0 Å². The molecule has 1 atom stereocenters. The number of ether oxygens (including phenoxy) is 2. The molecule has 2 saturated heterocycles. The monoisotopic (exact) mass is 409 g/mol. The van der Waals surface area contributed by atoms with Crippen LogP contribution in [-0.2, 0) is 20.8 Å². The summed E-state index contributed by atoms with van der Waals surface area (Å²) in [6.45, 7) is 1.64. The van der Waals surface area contributed by atoms with E-state index in [0.29, 0.717) is 39.5 Å². The first-order valence-corrected chi connectivity index (χ1v) is 9.75. The summed E-state index contributed by atoms with van der Waals surface area (Å²) in [6, 6.07) is 0. The number of nitrogens with zero attached hydrogens (tertiary/aromatic N) is 4. The van der Waals surface area contributed by atoms with Crippen molar-refractivity contribution in [3.8, 4) is 0 Å². The maximum absolute atomic E-state index is 13.0. The van der Waals surface area contributed by atoms with Crippen molar-refractivity contribution in [1.29, 1.82) is 0 Å². The van der Waals surface area contributed by atoms with E-state index in [1.165, 1.54) is 0 Å². The van der Waals surface area contributed by atoms with Gasteiger partial charge in [-0.25, -0.2) is 0 Å². The summed E-state index contributed by atoms with van der Waals surface area (Å²) in [5, 5.41) is 10.6. The van der Waals surface area contributed by atoms with Crippen LogP contribution in [0.3, 0.4) is 0 Å². The number of thioether (sulfide) groups is 1. The molecule has 3 heterocycles. The highest BCUT2D eigenvalue weighted by atomic mass is 32.2. The van der Waals surface area contributed by atoms with Gasteiger partial charge in [0.05, 0.1) is 25.1 Å². The molecular formula is C15H22F3N5O3S. The number of carbonyl (C=O) groups is 1. The molecule has 1 N–H and O–H groups in total. The SMILES string of the molecule is O=C(CSc1nnc(N2CCOCC2)n1CC(F)(F)F)NCC1CCCO1. The minimum absolute atomic E-state index is 0.0146. The quantitative estimate of drug-likeness (QED) is 0.675. The van der Waals surface area contributed by atoms with Gasteiger partial charge >= 0.3 is 6.18 Å². The Hall–Kier alpha value is -1.53. The van der Waals surface area contributed by atoms with Crippen LogP contribution in [-0.4, -0.2) is 78.2 Å². The molecule has 8 nitrogen and oxygen atoms in total. The van der Waals surface area contributed by atoms with Crippen LogP contribution in [0.2, 0.25) is 0 Å². The Balaban J connectivity index is 1.61. The number of hydrogen-bond acceptors (Lipinski definition) is 7. The smallest absolute Gasteiger partial charge is 0.378 e. The Bertz CT molecular complexity index is 631. The molecule has 12 heteroatoms. The molecule has 3 rings (SSSR count). The molecular weight excluding hydrogens is 387 g/mol. The fourth-order valence-electron chi connectivity index (χ4n) is 2.92. The lowest BCUT2D eigenvalue weighted by Crippen LogP contribution is -2.38. The lowest BCUT2D eigenvalue weighted by Gasteiger charge is -2.28.